The van der Waals surface area contributed by atoms with Crippen molar-refractivity contribution in [2.24, 2.45) is 0 Å². The Labute approximate surface area is 166 Å². The standard InChI is InChI=1S/C22H29ClN2O2/c23-17-13-11-16(12-14-17)21-22(27)24(18-7-5-6-8-18)15-20(26)25(21)19-9-3-1-2-4-10-19/h11-14,18-19,21H,1-10,15H2. The Balaban J connectivity index is 1.68. The number of carbonyl (C=O) groups is 2. The van der Waals surface area contributed by atoms with Gasteiger partial charge >= 0.3 is 0 Å². The second-order valence-corrected chi connectivity index (χ2v) is 8.74. The van der Waals surface area contributed by atoms with Crippen LogP contribution in [0.5, 0.6) is 0 Å². The summed E-state index contributed by atoms with van der Waals surface area (Å²) in [5.74, 6) is 0.224. The van der Waals surface area contributed by atoms with Crippen LogP contribution in [0.25, 0.3) is 0 Å². The molecule has 1 aliphatic heterocycles. The summed E-state index contributed by atoms with van der Waals surface area (Å²) in [6.07, 6.45) is 11.1. The number of amides is 2. The van der Waals surface area contributed by atoms with Crippen LogP contribution < -0.4 is 0 Å². The first kappa shape index (κ1) is 18.8. The van der Waals surface area contributed by atoms with Crippen LogP contribution >= 0.6 is 11.6 Å². The molecule has 0 bridgehead atoms. The quantitative estimate of drug-likeness (QED) is 0.703. The summed E-state index contributed by atoms with van der Waals surface area (Å²) in [5.41, 5.74) is 0.893. The van der Waals surface area contributed by atoms with Gasteiger partial charge < -0.3 is 9.80 Å². The number of hydrogen-bond donors (Lipinski definition) is 0. The Kier molecular flexibility index (Phi) is 5.72. The minimum absolute atomic E-state index is 0.105. The molecule has 1 unspecified atom stereocenters. The summed E-state index contributed by atoms with van der Waals surface area (Å²) in [4.78, 5) is 30.7. The molecule has 1 aromatic rings. The average molecular weight is 389 g/mol. The Morgan fingerprint density at radius 1 is 0.778 bits per heavy atom. The number of benzene rings is 1. The molecule has 146 valence electrons. The van der Waals surface area contributed by atoms with Gasteiger partial charge in [0.15, 0.2) is 0 Å². The molecule has 2 aliphatic carbocycles. The molecule has 0 radical (unpaired) electrons. The minimum Gasteiger partial charge on any atom is -0.328 e. The fourth-order valence-electron chi connectivity index (χ4n) is 5.15. The fraction of sp³-hybridized carbons (Fsp3) is 0.636. The van der Waals surface area contributed by atoms with Crippen LogP contribution in [0.2, 0.25) is 5.02 Å². The van der Waals surface area contributed by atoms with E-state index in [4.69, 9.17) is 11.6 Å². The number of nitrogens with zero attached hydrogens (tertiary/aromatic N) is 2. The van der Waals surface area contributed by atoms with Gasteiger partial charge in [-0.3, -0.25) is 9.59 Å². The molecule has 0 aromatic heterocycles. The highest BCUT2D eigenvalue weighted by Gasteiger charge is 2.45. The van der Waals surface area contributed by atoms with E-state index in [0.29, 0.717) is 5.02 Å². The molecule has 4 rings (SSSR count). The van der Waals surface area contributed by atoms with E-state index in [-0.39, 0.29) is 30.4 Å². The van der Waals surface area contributed by atoms with E-state index < -0.39 is 6.04 Å². The van der Waals surface area contributed by atoms with Crippen molar-refractivity contribution >= 4 is 23.4 Å². The third-order valence-corrected chi connectivity index (χ3v) is 6.81. The van der Waals surface area contributed by atoms with Gasteiger partial charge in [0.1, 0.15) is 12.6 Å². The lowest BCUT2D eigenvalue weighted by atomic mass is 9.95. The highest BCUT2D eigenvalue weighted by atomic mass is 35.5. The lowest BCUT2D eigenvalue weighted by Crippen LogP contribution is -2.60. The zero-order chi connectivity index (χ0) is 18.8. The van der Waals surface area contributed by atoms with E-state index in [1.807, 2.05) is 34.1 Å². The molecule has 1 saturated heterocycles. The van der Waals surface area contributed by atoms with Crippen molar-refractivity contribution < 1.29 is 9.59 Å². The van der Waals surface area contributed by atoms with E-state index in [1.54, 1.807) is 0 Å². The smallest absolute Gasteiger partial charge is 0.250 e. The van der Waals surface area contributed by atoms with Crippen molar-refractivity contribution in [2.45, 2.75) is 82.3 Å². The first-order valence-electron chi connectivity index (χ1n) is 10.5. The zero-order valence-electron chi connectivity index (χ0n) is 15.9. The fourth-order valence-corrected chi connectivity index (χ4v) is 5.27. The van der Waals surface area contributed by atoms with Crippen LogP contribution in [0, 0.1) is 0 Å². The van der Waals surface area contributed by atoms with Crippen LogP contribution in [0.3, 0.4) is 0 Å². The van der Waals surface area contributed by atoms with Crippen molar-refractivity contribution in [1.29, 1.82) is 0 Å². The number of halogens is 1. The van der Waals surface area contributed by atoms with Crippen molar-refractivity contribution in [3.8, 4) is 0 Å². The zero-order valence-corrected chi connectivity index (χ0v) is 16.7. The van der Waals surface area contributed by atoms with Gasteiger partial charge in [0.25, 0.3) is 5.91 Å². The van der Waals surface area contributed by atoms with E-state index >= 15 is 0 Å². The second-order valence-electron chi connectivity index (χ2n) is 8.30. The number of rotatable bonds is 3. The highest BCUT2D eigenvalue weighted by Crippen LogP contribution is 2.37. The van der Waals surface area contributed by atoms with Crippen molar-refractivity contribution in [3.63, 3.8) is 0 Å². The van der Waals surface area contributed by atoms with Gasteiger partial charge in [0.2, 0.25) is 5.91 Å². The van der Waals surface area contributed by atoms with Crippen molar-refractivity contribution in [3.05, 3.63) is 34.9 Å². The SMILES string of the molecule is O=C1C(c2ccc(Cl)cc2)N(C2CCCCCC2)C(=O)CN1C1CCCC1. The number of piperazine rings is 1. The van der Waals surface area contributed by atoms with Crippen LogP contribution in [0.1, 0.15) is 75.8 Å². The Bertz CT molecular complexity index is 676. The normalized spacial score (nSPS) is 25.9. The third kappa shape index (κ3) is 3.87. The molecule has 3 fully saturated rings. The van der Waals surface area contributed by atoms with Crippen LogP contribution in [-0.4, -0.2) is 40.2 Å². The van der Waals surface area contributed by atoms with Gasteiger partial charge in [0, 0.05) is 17.1 Å². The third-order valence-electron chi connectivity index (χ3n) is 6.56. The molecule has 3 aliphatic rings. The molecule has 5 heteroatoms. The maximum absolute atomic E-state index is 13.6. The Hall–Kier alpha value is -1.55. The first-order chi connectivity index (χ1) is 13.1. The predicted molar refractivity (Wildman–Crippen MR) is 106 cm³/mol. The summed E-state index contributed by atoms with van der Waals surface area (Å²) >= 11 is 6.08. The molecule has 4 nitrogen and oxygen atoms in total. The largest absolute Gasteiger partial charge is 0.328 e. The highest BCUT2D eigenvalue weighted by molar-refractivity contribution is 6.30. The van der Waals surface area contributed by atoms with Gasteiger partial charge in [-0.15, -0.1) is 0 Å². The van der Waals surface area contributed by atoms with Gasteiger partial charge in [-0.25, -0.2) is 0 Å². The number of hydrogen-bond acceptors (Lipinski definition) is 2. The molecule has 0 N–H and O–H groups in total. The molecule has 0 spiro atoms. The maximum atomic E-state index is 13.6. The summed E-state index contributed by atoms with van der Waals surface area (Å²) in [5, 5.41) is 0.655. The molecular weight excluding hydrogens is 360 g/mol. The summed E-state index contributed by atoms with van der Waals surface area (Å²) in [6.45, 7) is 0.254. The monoisotopic (exact) mass is 388 g/mol. The molecule has 2 saturated carbocycles. The lowest BCUT2D eigenvalue weighted by Gasteiger charge is -2.46. The van der Waals surface area contributed by atoms with Crippen LogP contribution in [0.15, 0.2) is 24.3 Å². The molecular formula is C22H29ClN2O2. The van der Waals surface area contributed by atoms with E-state index in [1.165, 1.54) is 12.8 Å². The topological polar surface area (TPSA) is 40.6 Å². The molecule has 2 amide bonds. The maximum Gasteiger partial charge on any atom is 0.250 e. The first-order valence-corrected chi connectivity index (χ1v) is 10.9. The van der Waals surface area contributed by atoms with Crippen molar-refractivity contribution in [1.82, 2.24) is 9.80 Å². The van der Waals surface area contributed by atoms with E-state index in [9.17, 15) is 9.59 Å². The average Bonchev–Trinajstić information content (AvgIpc) is 3.07. The number of carbonyl (C=O) groups excluding carboxylic acids is 2. The Morgan fingerprint density at radius 3 is 1.96 bits per heavy atom. The van der Waals surface area contributed by atoms with Gasteiger partial charge in [0.05, 0.1) is 0 Å². The van der Waals surface area contributed by atoms with Crippen molar-refractivity contribution in [2.75, 3.05) is 6.54 Å². The van der Waals surface area contributed by atoms with Gasteiger partial charge in [-0.05, 0) is 43.4 Å². The van der Waals surface area contributed by atoms with Gasteiger partial charge in [-0.2, -0.15) is 0 Å². The summed E-state index contributed by atoms with van der Waals surface area (Å²) in [7, 11) is 0. The minimum atomic E-state index is -0.493. The molecule has 1 heterocycles. The van der Waals surface area contributed by atoms with E-state index in [2.05, 4.69) is 0 Å². The second kappa shape index (κ2) is 8.22. The van der Waals surface area contributed by atoms with Crippen LogP contribution in [-0.2, 0) is 9.59 Å². The van der Waals surface area contributed by atoms with E-state index in [0.717, 1.165) is 56.9 Å². The summed E-state index contributed by atoms with van der Waals surface area (Å²) in [6, 6.07) is 7.40. The summed E-state index contributed by atoms with van der Waals surface area (Å²) < 4.78 is 0. The van der Waals surface area contributed by atoms with Crippen LogP contribution in [0.4, 0.5) is 0 Å². The molecule has 1 aromatic carbocycles. The predicted octanol–water partition coefficient (Wildman–Crippen LogP) is 4.72. The van der Waals surface area contributed by atoms with Gasteiger partial charge in [-0.1, -0.05) is 62.3 Å². The lowest BCUT2D eigenvalue weighted by molar-refractivity contribution is -0.161. The Morgan fingerprint density at radius 2 is 1.33 bits per heavy atom. The molecule has 27 heavy (non-hydrogen) atoms. The molecule has 1 atom stereocenters.